The van der Waals surface area contributed by atoms with Gasteiger partial charge in [-0.25, -0.2) is 0 Å². The number of halogens is 3. The monoisotopic (exact) mass is 363 g/mol. The summed E-state index contributed by atoms with van der Waals surface area (Å²) in [4.78, 5) is 1.99. The second kappa shape index (κ2) is 5.99. The van der Waals surface area contributed by atoms with Crippen LogP contribution in [-0.4, -0.2) is 32.7 Å². The van der Waals surface area contributed by atoms with Crippen molar-refractivity contribution >= 4 is 46.3 Å². The van der Waals surface area contributed by atoms with Gasteiger partial charge >= 0.3 is 0 Å². The molecule has 0 spiro atoms. The molecule has 1 heterocycles. The minimum absolute atomic E-state index is 0.186. The van der Waals surface area contributed by atoms with Crippen LogP contribution in [0.2, 0.25) is 14.4 Å². The van der Waals surface area contributed by atoms with Gasteiger partial charge in [0.15, 0.2) is 0 Å². The molecule has 0 radical (unpaired) electrons. The zero-order valence-electron chi connectivity index (χ0n) is 11.1. The van der Waals surface area contributed by atoms with Crippen molar-refractivity contribution in [1.29, 1.82) is 0 Å². The Labute approximate surface area is 141 Å². The van der Waals surface area contributed by atoms with E-state index in [1.807, 2.05) is 18.0 Å². The van der Waals surface area contributed by atoms with Crippen molar-refractivity contribution in [1.82, 2.24) is 14.5 Å². The van der Waals surface area contributed by atoms with Gasteiger partial charge in [-0.05, 0) is 30.3 Å². The van der Waals surface area contributed by atoms with Gasteiger partial charge in [-0.2, -0.15) is 0 Å². The van der Waals surface area contributed by atoms with Gasteiger partial charge in [0.05, 0.1) is 12.1 Å². The third-order valence-electron chi connectivity index (χ3n) is 3.67. The van der Waals surface area contributed by atoms with Gasteiger partial charge in [0.25, 0.3) is 0 Å². The molecule has 0 amide bonds. The summed E-state index contributed by atoms with van der Waals surface area (Å²) in [5.41, 5.74) is 2.62. The normalized spacial score (nSPS) is 21.0. The number of aliphatic hydroxyl groups is 1. The summed E-state index contributed by atoms with van der Waals surface area (Å²) in [5.74, 6) is 0. The number of aromatic nitrogens is 2. The second-order valence-corrected chi connectivity index (χ2v) is 7.28. The van der Waals surface area contributed by atoms with Crippen LogP contribution in [-0.2, 0) is 13.0 Å². The van der Waals surface area contributed by atoms with Gasteiger partial charge in [0.1, 0.15) is 10.0 Å². The number of fused-ring (bicyclic) bond motifs is 1. The van der Waals surface area contributed by atoms with E-state index >= 15 is 0 Å². The zero-order valence-corrected chi connectivity index (χ0v) is 14.1. The van der Waals surface area contributed by atoms with E-state index in [1.54, 1.807) is 6.07 Å². The summed E-state index contributed by atoms with van der Waals surface area (Å²) >= 11 is 19.5. The van der Waals surface area contributed by atoms with E-state index in [0.29, 0.717) is 33.0 Å². The van der Waals surface area contributed by atoms with Crippen molar-refractivity contribution in [2.75, 3.05) is 7.05 Å². The lowest BCUT2D eigenvalue weighted by molar-refractivity contribution is 0.0718. The number of aliphatic hydroxyl groups excluding tert-OH is 1. The molecule has 21 heavy (non-hydrogen) atoms. The topological polar surface area (TPSA) is 49.2 Å². The first kappa shape index (κ1) is 15.5. The van der Waals surface area contributed by atoms with Crippen molar-refractivity contribution in [3.63, 3.8) is 0 Å². The minimum Gasteiger partial charge on any atom is -0.391 e. The molecule has 0 saturated heterocycles. The van der Waals surface area contributed by atoms with E-state index in [0.717, 1.165) is 22.7 Å². The van der Waals surface area contributed by atoms with Gasteiger partial charge in [-0.15, -0.1) is 5.10 Å². The summed E-state index contributed by atoms with van der Waals surface area (Å²) in [6.45, 7) is 0.501. The highest BCUT2D eigenvalue weighted by atomic mass is 35.5. The number of hydrogen-bond donors (Lipinski definition) is 1. The summed E-state index contributed by atoms with van der Waals surface area (Å²) in [6, 6.07) is 3.38. The number of nitrogens with zero attached hydrogens (tertiary/aromatic N) is 3. The molecule has 2 atom stereocenters. The van der Waals surface area contributed by atoms with Gasteiger partial charge < -0.3 is 5.11 Å². The highest BCUT2D eigenvalue weighted by Gasteiger charge is 2.36. The fourth-order valence-electron chi connectivity index (χ4n) is 2.79. The highest BCUT2D eigenvalue weighted by molar-refractivity contribution is 7.10. The zero-order chi connectivity index (χ0) is 15.1. The van der Waals surface area contributed by atoms with E-state index in [-0.39, 0.29) is 6.04 Å². The molecule has 1 N–H and O–H groups in total. The summed E-state index contributed by atoms with van der Waals surface area (Å²) in [7, 11) is 1.91. The largest absolute Gasteiger partial charge is 0.391 e. The smallest absolute Gasteiger partial charge is 0.138 e. The van der Waals surface area contributed by atoms with Crippen LogP contribution in [0.1, 0.15) is 22.9 Å². The van der Waals surface area contributed by atoms with E-state index in [2.05, 4.69) is 9.59 Å². The van der Waals surface area contributed by atoms with Gasteiger partial charge in [-0.3, -0.25) is 4.90 Å². The Bertz CT molecular complexity index is 679. The third-order valence-corrected chi connectivity index (χ3v) is 5.21. The minimum atomic E-state index is -0.536. The van der Waals surface area contributed by atoms with Gasteiger partial charge in [0.2, 0.25) is 0 Å². The van der Waals surface area contributed by atoms with Crippen LogP contribution >= 0.6 is 46.3 Å². The maximum Gasteiger partial charge on any atom is 0.138 e. The molecular formula is C13H12Cl3N3OS. The number of hydrogen-bond acceptors (Lipinski definition) is 5. The van der Waals surface area contributed by atoms with E-state index in [9.17, 15) is 5.11 Å². The predicted molar refractivity (Wildman–Crippen MR) is 85.3 cm³/mol. The Hall–Kier alpha value is -0.430. The lowest BCUT2D eigenvalue weighted by Gasteiger charge is -2.27. The quantitative estimate of drug-likeness (QED) is 0.904. The molecule has 112 valence electrons. The van der Waals surface area contributed by atoms with Crippen LogP contribution in [0.3, 0.4) is 0 Å². The van der Waals surface area contributed by atoms with Crippen LogP contribution < -0.4 is 0 Å². The third kappa shape index (κ3) is 2.91. The number of benzene rings is 1. The SMILES string of the molecule is CN(Cc1nnsc1Cl)C1c2cc(Cl)cc(Cl)c2CC1O. The van der Waals surface area contributed by atoms with E-state index in [1.165, 1.54) is 0 Å². The molecule has 0 aliphatic heterocycles. The maximum atomic E-state index is 10.4. The number of rotatable bonds is 3. The van der Waals surface area contributed by atoms with Crippen molar-refractivity contribution in [3.8, 4) is 0 Å². The molecule has 2 unspecified atom stereocenters. The Morgan fingerprint density at radius 1 is 1.38 bits per heavy atom. The van der Waals surface area contributed by atoms with Gasteiger partial charge in [0, 0.05) is 34.5 Å². The van der Waals surface area contributed by atoms with Gasteiger partial charge in [-0.1, -0.05) is 39.3 Å². The lowest BCUT2D eigenvalue weighted by atomic mass is 10.1. The Morgan fingerprint density at radius 2 is 2.14 bits per heavy atom. The summed E-state index contributed by atoms with van der Waals surface area (Å²) < 4.78 is 4.39. The molecule has 1 aliphatic rings. The first-order chi connectivity index (χ1) is 9.97. The Kier molecular flexibility index (Phi) is 4.41. The van der Waals surface area contributed by atoms with Crippen molar-refractivity contribution in [3.05, 3.63) is 43.3 Å². The molecule has 1 aromatic carbocycles. The van der Waals surface area contributed by atoms with E-state index < -0.39 is 6.10 Å². The molecule has 3 rings (SSSR count). The fraction of sp³-hybridized carbons (Fsp3) is 0.385. The summed E-state index contributed by atoms with van der Waals surface area (Å²) in [5, 5.41) is 15.6. The van der Waals surface area contributed by atoms with Crippen molar-refractivity contribution < 1.29 is 5.11 Å². The average molecular weight is 365 g/mol. The first-order valence-corrected chi connectivity index (χ1v) is 8.21. The number of likely N-dealkylation sites (N-methyl/N-ethyl adjacent to an activating group) is 1. The molecule has 1 aromatic heterocycles. The molecule has 2 aromatic rings. The predicted octanol–water partition coefficient (Wildman–Crippen LogP) is 3.59. The molecule has 4 nitrogen and oxygen atoms in total. The van der Waals surface area contributed by atoms with Crippen molar-refractivity contribution in [2.24, 2.45) is 0 Å². The summed E-state index contributed by atoms with van der Waals surface area (Å²) in [6.07, 6.45) is -0.0185. The second-order valence-electron chi connectivity index (χ2n) is 5.08. The Balaban J connectivity index is 1.91. The molecule has 0 saturated carbocycles. The van der Waals surface area contributed by atoms with Crippen molar-refractivity contribution in [2.45, 2.75) is 25.1 Å². The van der Waals surface area contributed by atoms with E-state index in [4.69, 9.17) is 34.8 Å². The Morgan fingerprint density at radius 3 is 2.81 bits per heavy atom. The van der Waals surface area contributed by atoms with Crippen LogP contribution in [0, 0.1) is 0 Å². The fourth-order valence-corrected chi connectivity index (χ4v) is 3.99. The molecule has 8 heteroatoms. The average Bonchev–Trinajstić information content (AvgIpc) is 2.93. The maximum absolute atomic E-state index is 10.4. The standard InChI is InChI=1S/C13H12Cl3N3OS/c1-19(5-10-13(16)21-18-17-10)12-8-2-6(14)3-9(15)7(8)4-11(12)20/h2-3,11-12,20H,4-5H2,1H3. The lowest BCUT2D eigenvalue weighted by Crippen LogP contribution is -2.30. The molecule has 0 fully saturated rings. The molecular weight excluding hydrogens is 353 g/mol. The van der Waals surface area contributed by atoms with Crippen LogP contribution in [0.5, 0.6) is 0 Å². The van der Waals surface area contributed by atoms with Crippen LogP contribution in [0.4, 0.5) is 0 Å². The van der Waals surface area contributed by atoms with Crippen LogP contribution in [0.15, 0.2) is 12.1 Å². The molecule has 1 aliphatic carbocycles. The molecule has 0 bridgehead atoms. The highest BCUT2D eigenvalue weighted by Crippen LogP contribution is 2.41. The van der Waals surface area contributed by atoms with Crippen LogP contribution in [0.25, 0.3) is 0 Å². The first-order valence-electron chi connectivity index (χ1n) is 6.30.